The van der Waals surface area contributed by atoms with E-state index < -0.39 is 0 Å². The zero-order chi connectivity index (χ0) is 18.1. The van der Waals surface area contributed by atoms with Crippen LogP contribution in [0.4, 0.5) is 0 Å². The van der Waals surface area contributed by atoms with Gasteiger partial charge in [0.25, 0.3) is 5.89 Å². The van der Waals surface area contributed by atoms with Gasteiger partial charge in [0.15, 0.2) is 6.61 Å². The summed E-state index contributed by atoms with van der Waals surface area (Å²) >= 11 is 11.9. The first-order chi connectivity index (χ1) is 12.6. The molecule has 1 N–H and O–H groups in total. The van der Waals surface area contributed by atoms with Crippen molar-refractivity contribution in [2.75, 3.05) is 0 Å². The number of nitrogens with zero attached hydrogens (tertiary/aromatic N) is 2. The summed E-state index contributed by atoms with van der Waals surface area (Å²) in [4.78, 5) is 14.1. The van der Waals surface area contributed by atoms with Gasteiger partial charge in [-0.25, -0.2) is 0 Å². The predicted octanol–water partition coefficient (Wildman–Crippen LogP) is 4.46. The fraction of sp³-hybridized carbons (Fsp3) is 0.0556. The molecule has 2 aromatic carbocycles. The molecule has 2 heterocycles. The molecular weight excluding hydrogens is 377 g/mol. The van der Waals surface area contributed by atoms with Crippen molar-refractivity contribution in [2.45, 2.75) is 6.61 Å². The number of nitrogens with one attached hydrogen (secondary N) is 1. The molecule has 2 aromatic heterocycles. The van der Waals surface area contributed by atoms with Gasteiger partial charge in [0.2, 0.25) is 11.4 Å². The molecule has 0 amide bonds. The first kappa shape index (κ1) is 16.6. The molecule has 0 fully saturated rings. The van der Waals surface area contributed by atoms with Crippen LogP contribution in [0.5, 0.6) is 5.75 Å². The molecule has 0 aliphatic rings. The summed E-state index contributed by atoms with van der Waals surface area (Å²) in [5.74, 6) is 1.28. The number of H-pyrrole nitrogens is 1. The normalized spacial score (nSPS) is 11.0. The van der Waals surface area contributed by atoms with Gasteiger partial charge in [-0.2, -0.15) is 0 Å². The van der Waals surface area contributed by atoms with Crippen molar-refractivity contribution in [2.24, 2.45) is 0 Å². The molecule has 26 heavy (non-hydrogen) atoms. The fourth-order valence-electron chi connectivity index (χ4n) is 2.43. The molecule has 0 bridgehead atoms. The van der Waals surface area contributed by atoms with Crippen LogP contribution in [-0.4, -0.2) is 15.2 Å². The Kier molecular flexibility index (Phi) is 4.36. The van der Waals surface area contributed by atoms with Gasteiger partial charge in [-0.3, -0.25) is 4.79 Å². The predicted molar refractivity (Wildman–Crippen MR) is 98.7 cm³/mol. The van der Waals surface area contributed by atoms with Crippen LogP contribution in [0.15, 0.2) is 57.7 Å². The second-order valence-corrected chi connectivity index (χ2v) is 6.30. The van der Waals surface area contributed by atoms with Crippen LogP contribution in [0.3, 0.4) is 0 Å². The lowest BCUT2D eigenvalue weighted by Crippen LogP contribution is -2.02. The Bertz CT molecular complexity index is 1150. The molecule has 0 radical (unpaired) electrons. The topological polar surface area (TPSA) is 81.0 Å². The Morgan fingerprint density at radius 2 is 1.88 bits per heavy atom. The lowest BCUT2D eigenvalue weighted by Gasteiger charge is -2.04. The standard InChI is InChI=1S/C18H11Cl2N3O3/c19-13-4-1-11(8-14(13)20)18-23-22-17(26-18)9-25-12-3-5-15-10(7-12)2-6-16(24)21-15/h1-8H,9H2,(H,21,24). The van der Waals surface area contributed by atoms with Crippen molar-refractivity contribution in [3.8, 4) is 17.2 Å². The van der Waals surface area contributed by atoms with Crippen molar-refractivity contribution in [1.82, 2.24) is 15.2 Å². The highest BCUT2D eigenvalue weighted by Gasteiger charge is 2.11. The van der Waals surface area contributed by atoms with E-state index in [9.17, 15) is 4.79 Å². The number of fused-ring (bicyclic) bond motifs is 1. The van der Waals surface area contributed by atoms with Crippen molar-refractivity contribution in [1.29, 1.82) is 0 Å². The second kappa shape index (κ2) is 6.82. The van der Waals surface area contributed by atoms with E-state index in [1.165, 1.54) is 6.07 Å². The molecule has 0 atom stereocenters. The summed E-state index contributed by atoms with van der Waals surface area (Å²) in [7, 11) is 0. The van der Waals surface area contributed by atoms with Crippen LogP contribution >= 0.6 is 23.2 Å². The molecule has 0 saturated heterocycles. The molecule has 0 unspecified atom stereocenters. The lowest BCUT2D eigenvalue weighted by atomic mass is 10.2. The minimum atomic E-state index is -0.146. The van der Waals surface area contributed by atoms with Gasteiger partial charge in [0.05, 0.1) is 10.0 Å². The summed E-state index contributed by atoms with van der Waals surface area (Å²) < 4.78 is 11.3. The number of rotatable bonds is 4. The minimum Gasteiger partial charge on any atom is -0.484 e. The number of hydrogen-bond donors (Lipinski definition) is 1. The smallest absolute Gasteiger partial charge is 0.254 e. The molecule has 0 aliphatic carbocycles. The third kappa shape index (κ3) is 3.42. The number of hydrogen-bond acceptors (Lipinski definition) is 5. The Hall–Kier alpha value is -2.83. The van der Waals surface area contributed by atoms with E-state index in [1.54, 1.807) is 36.4 Å². The Morgan fingerprint density at radius 1 is 1.00 bits per heavy atom. The fourth-order valence-corrected chi connectivity index (χ4v) is 2.72. The van der Waals surface area contributed by atoms with Crippen LogP contribution in [0.1, 0.15) is 5.89 Å². The van der Waals surface area contributed by atoms with Gasteiger partial charge in [0, 0.05) is 22.5 Å². The van der Waals surface area contributed by atoms with Gasteiger partial charge < -0.3 is 14.1 Å². The number of pyridine rings is 1. The van der Waals surface area contributed by atoms with Gasteiger partial charge in [-0.15, -0.1) is 10.2 Å². The molecule has 8 heteroatoms. The summed E-state index contributed by atoms with van der Waals surface area (Å²) in [5.41, 5.74) is 1.27. The number of ether oxygens (including phenoxy) is 1. The molecule has 0 saturated carbocycles. The molecule has 0 aliphatic heterocycles. The van der Waals surface area contributed by atoms with E-state index in [2.05, 4.69) is 15.2 Å². The van der Waals surface area contributed by atoms with Crippen molar-refractivity contribution >= 4 is 34.1 Å². The average Bonchev–Trinajstić information content (AvgIpc) is 3.11. The zero-order valence-electron chi connectivity index (χ0n) is 13.2. The maximum atomic E-state index is 11.3. The highest BCUT2D eigenvalue weighted by atomic mass is 35.5. The molecule has 4 rings (SSSR count). The zero-order valence-corrected chi connectivity index (χ0v) is 14.7. The van der Waals surface area contributed by atoms with Crippen LogP contribution in [0, 0.1) is 0 Å². The quantitative estimate of drug-likeness (QED) is 0.558. The third-order valence-electron chi connectivity index (χ3n) is 3.69. The van der Waals surface area contributed by atoms with E-state index in [0.717, 1.165) is 10.9 Å². The second-order valence-electron chi connectivity index (χ2n) is 5.49. The minimum absolute atomic E-state index is 0.114. The first-order valence-corrected chi connectivity index (χ1v) is 8.38. The molecule has 0 spiro atoms. The highest BCUT2D eigenvalue weighted by Crippen LogP contribution is 2.28. The number of aromatic amines is 1. The largest absolute Gasteiger partial charge is 0.484 e. The van der Waals surface area contributed by atoms with E-state index in [4.69, 9.17) is 32.4 Å². The van der Waals surface area contributed by atoms with E-state index in [1.807, 2.05) is 6.07 Å². The van der Waals surface area contributed by atoms with Crippen molar-refractivity contribution in [3.05, 3.63) is 74.8 Å². The van der Waals surface area contributed by atoms with Gasteiger partial charge in [0.1, 0.15) is 5.75 Å². The molecular formula is C18H11Cl2N3O3. The Morgan fingerprint density at radius 3 is 2.73 bits per heavy atom. The number of benzene rings is 2. The summed E-state index contributed by atoms with van der Waals surface area (Å²) in [6.07, 6.45) is 0. The van der Waals surface area contributed by atoms with Crippen LogP contribution in [0.2, 0.25) is 10.0 Å². The Labute approximate surface area is 157 Å². The van der Waals surface area contributed by atoms with Crippen molar-refractivity contribution < 1.29 is 9.15 Å². The highest BCUT2D eigenvalue weighted by molar-refractivity contribution is 6.42. The van der Waals surface area contributed by atoms with Gasteiger partial charge >= 0.3 is 0 Å². The molecule has 130 valence electrons. The van der Waals surface area contributed by atoms with Crippen LogP contribution in [0.25, 0.3) is 22.4 Å². The molecule has 4 aromatic rings. The summed E-state index contributed by atoms with van der Waals surface area (Å²) in [6.45, 7) is 0.114. The SMILES string of the molecule is O=c1ccc2cc(OCc3nnc(-c4ccc(Cl)c(Cl)c4)o3)ccc2[nH]1. The van der Waals surface area contributed by atoms with E-state index in [-0.39, 0.29) is 12.2 Å². The number of aromatic nitrogens is 3. The summed E-state index contributed by atoms with van der Waals surface area (Å²) in [6, 6.07) is 13.6. The van der Waals surface area contributed by atoms with E-state index >= 15 is 0 Å². The first-order valence-electron chi connectivity index (χ1n) is 7.62. The van der Waals surface area contributed by atoms with Gasteiger partial charge in [-0.05, 0) is 42.5 Å². The maximum absolute atomic E-state index is 11.3. The summed E-state index contributed by atoms with van der Waals surface area (Å²) in [5, 5.41) is 9.69. The van der Waals surface area contributed by atoms with Crippen LogP contribution in [-0.2, 0) is 6.61 Å². The van der Waals surface area contributed by atoms with Crippen LogP contribution < -0.4 is 10.3 Å². The molecule has 6 nitrogen and oxygen atoms in total. The van der Waals surface area contributed by atoms with E-state index in [0.29, 0.717) is 33.1 Å². The number of halogens is 2. The monoisotopic (exact) mass is 387 g/mol. The third-order valence-corrected chi connectivity index (χ3v) is 4.43. The maximum Gasteiger partial charge on any atom is 0.254 e. The van der Waals surface area contributed by atoms with Crippen molar-refractivity contribution in [3.63, 3.8) is 0 Å². The Balaban J connectivity index is 1.50. The average molecular weight is 388 g/mol. The lowest BCUT2D eigenvalue weighted by molar-refractivity contribution is 0.265. The van der Waals surface area contributed by atoms with Gasteiger partial charge in [-0.1, -0.05) is 23.2 Å².